The highest BCUT2D eigenvalue weighted by Crippen LogP contribution is 2.59. The summed E-state index contributed by atoms with van der Waals surface area (Å²) >= 11 is -4.45. The molecule has 0 radical (unpaired) electrons. The van der Waals surface area contributed by atoms with Gasteiger partial charge in [0.25, 0.3) is 0 Å². The van der Waals surface area contributed by atoms with E-state index in [0.29, 0.717) is 0 Å². The van der Waals surface area contributed by atoms with Crippen molar-refractivity contribution in [1.29, 1.82) is 0 Å². The van der Waals surface area contributed by atoms with Gasteiger partial charge in [0.15, 0.2) is 17.9 Å². The summed E-state index contributed by atoms with van der Waals surface area (Å²) < 4.78 is 64.7. The van der Waals surface area contributed by atoms with Crippen LogP contribution in [0.2, 0.25) is 0 Å². The van der Waals surface area contributed by atoms with Crippen LogP contribution in [0.5, 0.6) is 0 Å². The maximum atomic E-state index is 14.8. The van der Waals surface area contributed by atoms with Gasteiger partial charge in [-0.05, 0) is 27.7 Å². The highest BCUT2D eigenvalue weighted by atomic mass is 32.3. The first-order valence-electron chi connectivity index (χ1n) is 8.97. The van der Waals surface area contributed by atoms with Crippen LogP contribution in [0.15, 0.2) is 0 Å². The molecular formula is C16H29F2NO6S. The van der Waals surface area contributed by atoms with E-state index in [9.17, 15) is 7.77 Å². The molecule has 0 aromatic carbocycles. The molecule has 3 aliphatic heterocycles. The van der Waals surface area contributed by atoms with Gasteiger partial charge in [-0.1, -0.05) is 13.8 Å². The van der Waals surface area contributed by atoms with Crippen molar-refractivity contribution >= 4 is 11.3 Å². The second-order valence-corrected chi connectivity index (χ2v) is 9.01. The Morgan fingerprint density at radius 1 is 1.00 bits per heavy atom. The number of nitrogens with zero attached hydrogens (tertiary/aromatic N) is 1. The van der Waals surface area contributed by atoms with Crippen molar-refractivity contribution in [3.05, 3.63) is 0 Å². The normalized spacial score (nSPS) is 39.5. The van der Waals surface area contributed by atoms with Crippen LogP contribution in [0, 0.1) is 0 Å². The van der Waals surface area contributed by atoms with Crippen molar-refractivity contribution < 1.29 is 35.6 Å². The minimum atomic E-state index is -4.45. The summed E-state index contributed by atoms with van der Waals surface area (Å²) in [6.45, 7) is 10.9. The van der Waals surface area contributed by atoms with Crippen molar-refractivity contribution in [3.8, 4) is 0 Å². The lowest BCUT2D eigenvalue weighted by Crippen LogP contribution is -2.45. The topological polar surface area (TPSA) is 58.6 Å². The molecule has 0 saturated carbocycles. The smallest absolute Gasteiger partial charge is 0.241 e. The second-order valence-electron chi connectivity index (χ2n) is 7.51. The Kier molecular flexibility index (Phi) is 5.62. The monoisotopic (exact) mass is 401 g/mol. The number of ether oxygens (including phenoxy) is 5. The lowest BCUT2D eigenvalue weighted by atomic mass is 10.1. The molecule has 0 unspecified atom stereocenters. The number of hydrogen-bond donors (Lipinski definition) is 0. The first kappa shape index (κ1) is 20.7. The highest BCUT2D eigenvalue weighted by Gasteiger charge is 2.61. The third-order valence-corrected chi connectivity index (χ3v) is 6.23. The van der Waals surface area contributed by atoms with Crippen LogP contribution in [0.4, 0.5) is 7.77 Å². The van der Waals surface area contributed by atoms with Gasteiger partial charge in [-0.25, -0.2) is 0 Å². The van der Waals surface area contributed by atoms with Crippen molar-refractivity contribution in [3.63, 3.8) is 0 Å². The van der Waals surface area contributed by atoms with Crippen molar-refractivity contribution in [2.24, 2.45) is 0 Å². The molecule has 0 amide bonds. The Labute approximate surface area is 155 Å². The standard InChI is InChI=1S/C16H29F2NO6S/c1-7-19(8-2)26(17,18)25-12-11(10-9-20-15(3,4)22-10)21-14-13(12)23-16(5,6)24-14/h10-14H,7-9H2,1-6H3/t10-,11+,12+,13+,14+/m0/s1. The molecule has 10 heteroatoms. The highest BCUT2D eigenvalue weighted by molar-refractivity contribution is 8.19. The SMILES string of the molecule is CCN(CC)S(F)(F)O[C@H]1[C@H]2OC(C)(C)O[C@H]2O[C@@H]1[C@@H]1COC(C)(C)O1. The third-order valence-electron chi connectivity index (χ3n) is 4.66. The minimum absolute atomic E-state index is 0.185. The van der Waals surface area contributed by atoms with Gasteiger partial charge >= 0.3 is 0 Å². The molecule has 0 N–H and O–H groups in total. The van der Waals surface area contributed by atoms with E-state index in [4.69, 9.17) is 27.9 Å². The van der Waals surface area contributed by atoms with E-state index in [1.807, 2.05) is 0 Å². The molecule has 3 aliphatic rings. The van der Waals surface area contributed by atoms with Crippen LogP contribution >= 0.6 is 11.3 Å². The van der Waals surface area contributed by atoms with Crippen molar-refractivity contribution in [2.75, 3.05) is 19.7 Å². The predicted molar refractivity (Wildman–Crippen MR) is 91.2 cm³/mol. The molecule has 0 bridgehead atoms. The Bertz CT molecular complexity index is 519. The van der Waals surface area contributed by atoms with Crippen LogP contribution in [-0.2, 0) is 27.9 Å². The molecule has 0 aromatic rings. The van der Waals surface area contributed by atoms with E-state index in [1.54, 1.807) is 41.5 Å². The molecule has 5 atom stereocenters. The molecule has 26 heavy (non-hydrogen) atoms. The fraction of sp³-hybridized carbons (Fsp3) is 1.00. The molecule has 154 valence electrons. The first-order valence-corrected chi connectivity index (χ1v) is 10.3. The fourth-order valence-electron chi connectivity index (χ4n) is 3.51. The number of fused-ring (bicyclic) bond motifs is 1. The van der Waals surface area contributed by atoms with Crippen LogP contribution in [0.3, 0.4) is 0 Å². The van der Waals surface area contributed by atoms with Crippen LogP contribution in [0.1, 0.15) is 41.5 Å². The number of hydrogen-bond acceptors (Lipinski definition) is 7. The molecule has 0 aliphatic carbocycles. The summed E-state index contributed by atoms with van der Waals surface area (Å²) in [7, 11) is 0. The Balaban J connectivity index is 1.81. The predicted octanol–water partition coefficient (Wildman–Crippen LogP) is 3.14. The van der Waals surface area contributed by atoms with Crippen LogP contribution in [-0.4, -0.2) is 66.3 Å². The van der Waals surface area contributed by atoms with E-state index in [0.717, 1.165) is 4.31 Å². The van der Waals surface area contributed by atoms with Gasteiger partial charge in [0.05, 0.1) is 6.61 Å². The zero-order valence-corrected chi connectivity index (χ0v) is 16.9. The summed E-state index contributed by atoms with van der Waals surface area (Å²) in [5.41, 5.74) is 0. The summed E-state index contributed by atoms with van der Waals surface area (Å²) in [5, 5.41) is 0. The lowest BCUT2D eigenvalue weighted by molar-refractivity contribution is -0.230. The Hall–Kier alpha value is -0.0700. The van der Waals surface area contributed by atoms with E-state index in [-0.39, 0.29) is 19.7 Å². The lowest BCUT2D eigenvalue weighted by Gasteiger charge is -2.36. The Morgan fingerprint density at radius 3 is 2.19 bits per heavy atom. The zero-order valence-electron chi connectivity index (χ0n) is 16.1. The zero-order chi connectivity index (χ0) is 19.3. The largest absolute Gasteiger partial charge is 0.348 e. The molecule has 3 saturated heterocycles. The van der Waals surface area contributed by atoms with E-state index in [1.165, 1.54) is 0 Å². The summed E-state index contributed by atoms with van der Waals surface area (Å²) in [6, 6.07) is 0. The van der Waals surface area contributed by atoms with Crippen LogP contribution in [0.25, 0.3) is 0 Å². The molecule has 0 aromatic heterocycles. The van der Waals surface area contributed by atoms with Crippen molar-refractivity contribution in [1.82, 2.24) is 4.31 Å². The van der Waals surface area contributed by atoms with Gasteiger partial charge in [-0.2, -0.15) is 4.31 Å². The average Bonchev–Trinajstić information content (AvgIpc) is 3.11. The molecule has 7 nitrogen and oxygen atoms in total. The fourth-order valence-corrected chi connectivity index (χ4v) is 4.72. The average molecular weight is 401 g/mol. The molecule has 3 fully saturated rings. The first-order chi connectivity index (χ1) is 12.0. The molecule has 3 heterocycles. The van der Waals surface area contributed by atoms with Gasteiger partial charge in [0.1, 0.15) is 24.4 Å². The van der Waals surface area contributed by atoms with Gasteiger partial charge in [-0.15, -0.1) is 7.77 Å². The molecule has 0 spiro atoms. The third kappa shape index (κ3) is 4.02. The van der Waals surface area contributed by atoms with Gasteiger partial charge < -0.3 is 23.7 Å². The number of rotatable bonds is 6. The molecule has 3 rings (SSSR count). The Morgan fingerprint density at radius 2 is 1.65 bits per heavy atom. The number of halogens is 2. The molecular weight excluding hydrogens is 372 g/mol. The van der Waals surface area contributed by atoms with Gasteiger partial charge in [-0.3, -0.25) is 4.18 Å². The maximum absolute atomic E-state index is 14.8. The minimum Gasteiger partial charge on any atom is -0.348 e. The quantitative estimate of drug-likeness (QED) is 0.678. The summed E-state index contributed by atoms with van der Waals surface area (Å²) in [5.74, 6) is -1.72. The van der Waals surface area contributed by atoms with E-state index in [2.05, 4.69) is 0 Å². The maximum Gasteiger partial charge on any atom is 0.241 e. The summed E-state index contributed by atoms with van der Waals surface area (Å²) in [4.78, 5) is 0. The van der Waals surface area contributed by atoms with E-state index < -0.39 is 53.5 Å². The van der Waals surface area contributed by atoms with Gasteiger partial charge in [0, 0.05) is 13.1 Å². The van der Waals surface area contributed by atoms with E-state index >= 15 is 0 Å². The van der Waals surface area contributed by atoms with Crippen molar-refractivity contribution in [2.45, 2.75) is 83.8 Å². The second kappa shape index (κ2) is 7.07. The van der Waals surface area contributed by atoms with Gasteiger partial charge in [0.2, 0.25) is 11.3 Å². The van der Waals surface area contributed by atoms with Crippen LogP contribution < -0.4 is 0 Å². The summed E-state index contributed by atoms with van der Waals surface area (Å²) in [6.07, 6.45) is -3.86.